The Hall–Kier alpha value is -3.34. The minimum Gasteiger partial charge on any atom is -0.460 e. The van der Waals surface area contributed by atoms with E-state index in [1.807, 2.05) is 0 Å². The van der Waals surface area contributed by atoms with Crippen LogP contribution in [0.15, 0.2) is 0 Å². The molecule has 0 bridgehead atoms. The number of ether oxygens (including phenoxy) is 6. The third-order valence-electron chi connectivity index (χ3n) is 7.18. The zero-order valence-corrected chi connectivity index (χ0v) is 30.1. The molecule has 0 saturated heterocycles. The largest absolute Gasteiger partial charge is 0.460 e. The van der Waals surface area contributed by atoms with Crippen LogP contribution in [0, 0.1) is 23.7 Å². The number of carbonyl (C=O) groups excluding carboxylic acids is 6. The lowest BCUT2D eigenvalue weighted by molar-refractivity contribution is -0.210. The Morgan fingerprint density at radius 1 is 0.500 bits per heavy atom. The van der Waals surface area contributed by atoms with Gasteiger partial charge in [-0.3, -0.25) is 19.2 Å². The van der Waals surface area contributed by atoms with Gasteiger partial charge in [0, 0.05) is 13.8 Å². The second-order valence-corrected chi connectivity index (χ2v) is 12.8. The molecule has 0 unspecified atom stereocenters. The summed E-state index contributed by atoms with van der Waals surface area (Å²) in [6.45, 7) is 13.6. The van der Waals surface area contributed by atoms with Gasteiger partial charge in [0.15, 0.2) is 36.6 Å². The normalized spacial score (nSPS) is 16.6. The van der Waals surface area contributed by atoms with Gasteiger partial charge in [-0.15, -0.1) is 0 Å². The van der Waals surface area contributed by atoms with Gasteiger partial charge >= 0.3 is 35.8 Å². The van der Waals surface area contributed by atoms with Crippen molar-refractivity contribution in [1.82, 2.24) is 10.6 Å². The van der Waals surface area contributed by atoms with Gasteiger partial charge in [-0.1, -0.05) is 55.4 Å². The van der Waals surface area contributed by atoms with Gasteiger partial charge in [-0.2, -0.15) is 0 Å². The molecule has 0 heterocycles. The first-order chi connectivity index (χ1) is 22.2. The fraction of sp³-hybridized carbons (Fsp3) is 0.812. The van der Waals surface area contributed by atoms with E-state index in [1.54, 1.807) is 55.4 Å². The van der Waals surface area contributed by atoms with Gasteiger partial charge in [0.25, 0.3) is 0 Å². The number of carbonyl (C=O) groups is 6. The maximum atomic E-state index is 13.3. The van der Waals surface area contributed by atoms with Crippen LogP contribution in [0.3, 0.4) is 0 Å². The lowest BCUT2D eigenvalue weighted by Gasteiger charge is -2.36. The van der Waals surface area contributed by atoms with Crippen LogP contribution in [0.25, 0.3) is 0 Å². The molecule has 8 atom stereocenters. The van der Waals surface area contributed by atoms with Crippen molar-refractivity contribution in [1.29, 1.82) is 0 Å². The third-order valence-corrected chi connectivity index (χ3v) is 7.18. The molecule has 0 amide bonds. The molecular formula is C32H56N2O14. The summed E-state index contributed by atoms with van der Waals surface area (Å²) in [4.78, 5) is 76.9. The Morgan fingerprint density at radius 2 is 0.792 bits per heavy atom. The van der Waals surface area contributed by atoms with Crippen molar-refractivity contribution in [3.8, 4) is 0 Å². The predicted molar refractivity (Wildman–Crippen MR) is 170 cm³/mol. The number of rotatable bonds is 21. The van der Waals surface area contributed by atoms with E-state index in [9.17, 15) is 39.0 Å². The fourth-order valence-corrected chi connectivity index (χ4v) is 4.42. The summed E-state index contributed by atoms with van der Waals surface area (Å²) in [5.41, 5.74) is 0. The molecule has 278 valence electrons. The number of aliphatic hydroxyl groups is 2. The fourth-order valence-electron chi connectivity index (χ4n) is 4.42. The highest BCUT2D eigenvalue weighted by Gasteiger charge is 2.46. The van der Waals surface area contributed by atoms with E-state index < -0.39 is 110 Å². The molecule has 0 rings (SSSR count). The number of hydrogen-bond donors (Lipinski definition) is 4. The molecule has 0 aromatic rings. The summed E-state index contributed by atoms with van der Waals surface area (Å²) in [6.07, 6.45) is -10.2. The second kappa shape index (κ2) is 21.6. The average Bonchev–Trinajstić information content (AvgIpc) is 2.97. The molecule has 16 nitrogen and oxygen atoms in total. The van der Waals surface area contributed by atoms with Crippen LogP contribution in [0.1, 0.15) is 69.2 Å². The predicted octanol–water partition coefficient (Wildman–Crippen LogP) is 0.282. The van der Waals surface area contributed by atoms with Gasteiger partial charge in [0.1, 0.15) is 25.3 Å². The van der Waals surface area contributed by atoms with Crippen molar-refractivity contribution in [3.05, 3.63) is 0 Å². The first-order valence-corrected chi connectivity index (χ1v) is 16.0. The molecule has 0 aromatic carbocycles. The van der Waals surface area contributed by atoms with Crippen LogP contribution in [0.2, 0.25) is 0 Å². The Morgan fingerprint density at radius 3 is 1.00 bits per heavy atom. The second-order valence-electron chi connectivity index (χ2n) is 12.8. The zero-order chi connectivity index (χ0) is 37.5. The third kappa shape index (κ3) is 14.8. The van der Waals surface area contributed by atoms with E-state index in [1.165, 1.54) is 14.1 Å². The molecule has 0 aromatic heterocycles. The highest BCUT2D eigenvalue weighted by atomic mass is 16.6. The first kappa shape index (κ1) is 44.7. The van der Waals surface area contributed by atoms with Crippen LogP contribution in [0.4, 0.5) is 0 Å². The van der Waals surface area contributed by atoms with Gasteiger partial charge < -0.3 is 49.3 Å². The molecule has 48 heavy (non-hydrogen) atoms. The Kier molecular flexibility index (Phi) is 20.1. The van der Waals surface area contributed by atoms with E-state index in [2.05, 4.69) is 10.6 Å². The van der Waals surface area contributed by atoms with Crippen LogP contribution < -0.4 is 10.6 Å². The van der Waals surface area contributed by atoms with E-state index in [-0.39, 0.29) is 11.8 Å². The van der Waals surface area contributed by atoms with Gasteiger partial charge in [0.05, 0.1) is 0 Å². The summed E-state index contributed by atoms with van der Waals surface area (Å²) in [5.74, 6) is -7.54. The molecule has 0 aliphatic rings. The summed E-state index contributed by atoms with van der Waals surface area (Å²) < 4.78 is 33.0. The van der Waals surface area contributed by atoms with Crippen molar-refractivity contribution in [2.24, 2.45) is 23.7 Å². The summed E-state index contributed by atoms with van der Waals surface area (Å²) in [6, 6.07) is -1.80. The zero-order valence-electron chi connectivity index (χ0n) is 30.1. The lowest BCUT2D eigenvalue weighted by atomic mass is 10.0. The van der Waals surface area contributed by atoms with Gasteiger partial charge in [-0.25, -0.2) is 9.59 Å². The van der Waals surface area contributed by atoms with Crippen LogP contribution >= 0.6 is 0 Å². The molecule has 0 spiro atoms. The molecule has 16 heteroatoms. The molecular weight excluding hydrogens is 636 g/mol. The topological polar surface area (TPSA) is 222 Å². The van der Waals surface area contributed by atoms with Crippen molar-refractivity contribution >= 4 is 35.8 Å². The molecule has 0 radical (unpaired) electrons. The number of hydrogen-bond acceptors (Lipinski definition) is 16. The minimum absolute atomic E-state index is 0.306. The Bertz CT molecular complexity index is 981. The van der Waals surface area contributed by atoms with E-state index in [4.69, 9.17) is 28.4 Å². The molecule has 0 saturated carbocycles. The number of aliphatic hydroxyl groups excluding tert-OH is 2. The van der Waals surface area contributed by atoms with Crippen molar-refractivity contribution in [2.45, 2.75) is 118 Å². The number of nitrogens with one attached hydrogen (secondary N) is 2. The van der Waals surface area contributed by atoms with Crippen LogP contribution in [-0.4, -0.2) is 122 Å². The highest BCUT2D eigenvalue weighted by Crippen LogP contribution is 2.23. The van der Waals surface area contributed by atoms with E-state index >= 15 is 0 Å². The maximum absolute atomic E-state index is 13.3. The van der Waals surface area contributed by atoms with E-state index in [0.29, 0.717) is 0 Å². The van der Waals surface area contributed by atoms with Crippen molar-refractivity contribution in [2.75, 3.05) is 27.3 Å². The van der Waals surface area contributed by atoms with E-state index in [0.717, 1.165) is 13.8 Å². The standard InChI is InChI=1S/C32H56N2O14/c1-15(2)23(33-11)29(39)47-21(13-43-31(41)25(37)17(5)6)27(45-19(9)35)28(46-20(10)36)22(14-44-32(42)26(38)18(7)8)48-30(40)24(34-12)16(3)4/h15-18,21-28,33-34,37-38H,13-14H2,1-12H3/t21-,22-,23-,24+,25+,26-,27-,28+/m1/s1. The van der Waals surface area contributed by atoms with Crippen molar-refractivity contribution in [3.63, 3.8) is 0 Å². The monoisotopic (exact) mass is 692 g/mol. The molecule has 0 aliphatic carbocycles. The maximum Gasteiger partial charge on any atom is 0.335 e. The minimum atomic E-state index is -1.83. The number of likely N-dealkylation sites (N-methyl/N-ethyl adjacent to an activating group) is 2. The quantitative estimate of drug-likeness (QED) is 0.0937. The molecule has 4 N–H and O–H groups in total. The average molecular weight is 693 g/mol. The molecule has 0 fully saturated rings. The highest BCUT2D eigenvalue weighted by molar-refractivity contribution is 5.78. The Balaban J connectivity index is 7.22. The summed E-state index contributed by atoms with van der Waals surface area (Å²) in [7, 11) is 3.01. The summed E-state index contributed by atoms with van der Waals surface area (Å²) >= 11 is 0. The van der Waals surface area contributed by atoms with Crippen LogP contribution in [-0.2, 0) is 57.2 Å². The number of esters is 6. The molecule has 0 aliphatic heterocycles. The first-order valence-electron chi connectivity index (χ1n) is 16.0. The smallest absolute Gasteiger partial charge is 0.335 e. The lowest BCUT2D eigenvalue weighted by Crippen LogP contribution is -2.56. The Labute approximate surface area is 282 Å². The van der Waals surface area contributed by atoms with Gasteiger partial charge in [0.2, 0.25) is 0 Å². The SMILES string of the molecule is CN[C@H](C(=O)O[C@H](COC(=O)[C@H](O)C(C)C)[C@H](OC(C)=O)[C@H](OC(C)=O)[C@@H](COC(=O)[C@@H](O)C(C)C)OC(=O)[C@H](NC)C(C)C)C(C)C. The van der Waals surface area contributed by atoms with Crippen molar-refractivity contribution < 1.29 is 67.4 Å². The summed E-state index contributed by atoms with van der Waals surface area (Å²) in [5, 5.41) is 26.1. The van der Waals surface area contributed by atoms with Crippen LogP contribution in [0.5, 0.6) is 0 Å². The van der Waals surface area contributed by atoms with Gasteiger partial charge in [-0.05, 0) is 37.8 Å².